The molecule has 0 saturated heterocycles. The van der Waals surface area contributed by atoms with Crippen molar-refractivity contribution in [1.29, 1.82) is 0 Å². The highest BCUT2D eigenvalue weighted by molar-refractivity contribution is 5.92. The minimum atomic E-state index is -1.11. The highest BCUT2D eigenvalue weighted by Gasteiger charge is 2.34. The van der Waals surface area contributed by atoms with Gasteiger partial charge in [0.05, 0.1) is 21.3 Å². The van der Waals surface area contributed by atoms with Crippen LogP contribution in [0.4, 0.5) is 14.4 Å². The molecular weight excluding hydrogens is 1120 g/mol. The summed E-state index contributed by atoms with van der Waals surface area (Å²) in [5.41, 5.74) is 4.46. The summed E-state index contributed by atoms with van der Waals surface area (Å²) in [7, 11) is 3.68. The lowest BCUT2D eigenvalue weighted by molar-refractivity contribution is -0.145. The Kier molecular flexibility index (Phi) is 25.5. The van der Waals surface area contributed by atoms with Crippen molar-refractivity contribution >= 4 is 53.9 Å². The number of benzene rings is 4. The van der Waals surface area contributed by atoms with Crippen molar-refractivity contribution in [2.24, 2.45) is 17.8 Å². The van der Waals surface area contributed by atoms with Crippen molar-refractivity contribution in [3.8, 4) is 33.4 Å². The topological polar surface area (TPSA) is 281 Å². The second-order valence-electron chi connectivity index (χ2n) is 25.4. The van der Waals surface area contributed by atoms with Crippen molar-refractivity contribution in [2.45, 2.75) is 176 Å². The lowest BCUT2D eigenvalue weighted by Gasteiger charge is -2.26. The van der Waals surface area contributed by atoms with Crippen LogP contribution in [0.1, 0.15) is 121 Å². The molecule has 0 aliphatic rings. The van der Waals surface area contributed by atoms with Crippen LogP contribution in [0.15, 0.2) is 91.0 Å². The van der Waals surface area contributed by atoms with Crippen LogP contribution in [-0.2, 0) is 76.5 Å². The maximum atomic E-state index is 13.7. The van der Waals surface area contributed by atoms with E-state index in [-0.39, 0.29) is 37.0 Å². The number of hydrogen-bond donors (Lipinski definition) is 6. The molecule has 0 unspecified atom stereocenters. The van der Waals surface area contributed by atoms with Crippen molar-refractivity contribution in [3.63, 3.8) is 0 Å². The second-order valence-corrected chi connectivity index (χ2v) is 25.4. The number of ether oxygens (including phenoxy) is 6. The Labute approximate surface area is 511 Å². The molecule has 0 saturated carbocycles. The maximum Gasteiger partial charge on any atom is 0.408 e. The average Bonchev–Trinajstić information content (AvgIpc) is 1.44. The molecule has 474 valence electrons. The molecule has 0 fully saturated rings. The minimum Gasteiger partial charge on any atom is -0.467 e. The molecular formula is C66H90N6O15. The average molecular weight is 1210 g/mol. The van der Waals surface area contributed by atoms with Crippen LogP contribution in [0.3, 0.4) is 0 Å². The molecule has 0 aliphatic carbocycles. The van der Waals surface area contributed by atoms with Gasteiger partial charge >= 0.3 is 36.2 Å². The summed E-state index contributed by atoms with van der Waals surface area (Å²) < 4.78 is 31.5. The molecule has 0 spiro atoms. The highest BCUT2D eigenvalue weighted by Crippen LogP contribution is 2.34. The van der Waals surface area contributed by atoms with Gasteiger partial charge in [0.1, 0.15) is 53.1 Å². The fourth-order valence-electron chi connectivity index (χ4n) is 9.03. The largest absolute Gasteiger partial charge is 0.467 e. The fraction of sp³-hybridized carbons (Fsp3) is 0.500. The zero-order valence-electron chi connectivity index (χ0n) is 53.6. The van der Waals surface area contributed by atoms with Crippen LogP contribution in [-0.4, -0.2) is 128 Å². The molecule has 0 heterocycles. The summed E-state index contributed by atoms with van der Waals surface area (Å²) in [6, 6.07) is 22.1. The Balaban J connectivity index is 1.73. The first kappa shape index (κ1) is 71.0. The maximum absolute atomic E-state index is 13.7. The third-order valence-electron chi connectivity index (χ3n) is 13.4. The Morgan fingerprint density at radius 3 is 0.713 bits per heavy atom. The zero-order valence-corrected chi connectivity index (χ0v) is 53.6. The summed E-state index contributed by atoms with van der Waals surface area (Å²) in [6.07, 6.45) is -2.15. The number of rotatable bonds is 24. The fourth-order valence-corrected chi connectivity index (χ4v) is 9.03. The molecule has 0 radical (unpaired) electrons. The van der Waals surface area contributed by atoms with Crippen LogP contribution < -0.4 is 31.9 Å². The first-order valence-electron chi connectivity index (χ1n) is 29.1. The third kappa shape index (κ3) is 23.0. The number of methoxy groups -OCH3 is 3. The summed E-state index contributed by atoms with van der Waals surface area (Å²) in [5.74, 6) is -4.89. The summed E-state index contributed by atoms with van der Waals surface area (Å²) in [4.78, 5) is 119. The number of alkyl carbamates (subject to hydrolysis) is 3. The lowest BCUT2D eigenvalue weighted by Crippen LogP contribution is -2.55. The number of hydrogen-bond acceptors (Lipinski definition) is 15. The molecule has 4 aromatic carbocycles. The van der Waals surface area contributed by atoms with E-state index in [2.05, 4.69) is 31.9 Å². The number of amides is 6. The van der Waals surface area contributed by atoms with Crippen molar-refractivity contribution in [2.75, 3.05) is 21.3 Å². The molecule has 0 aliphatic heterocycles. The molecule has 6 amide bonds. The van der Waals surface area contributed by atoms with Crippen LogP contribution >= 0.6 is 0 Å². The van der Waals surface area contributed by atoms with E-state index in [0.29, 0.717) is 16.7 Å². The molecule has 4 aromatic rings. The number of carbonyl (C=O) groups is 9. The van der Waals surface area contributed by atoms with E-state index in [4.69, 9.17) is 28.4 Å². The van der Waals surface area contributed by atoms with Gasteiger partial charge in [0.15, 0.2) is 0 Å². The van der Waals surface area contributed by atoms with E-state index in [1.807, 2.05) is 91.0 Å². The minimum absolute atomic E-state index is 0.0590. The van der Waals surface area contributed by atoms with Gasteiger partial charge in [-0.15, -0.1) is 0 Å². The third-order valence-corrected chi connectivity index (χ3v) is 13.4. The second kappa shape index (κ2) is 31.2. The van der Waals surface area contributed by atoms with Gasteiger partial charge in [0, 0.05) is 19.3 Å². The van der Waals surface area contributed by atoms with Gasteiger partial charge in [0.2, 0.25) is 17.7 Å². The first-order chi connectivity index (χ1) is 40.5. The van der Waals surface area contributed by atoms with E-state index in [0.717, 1.165) is 33.4 Å². The molecule has 6 atom stereocenters. The van der Waals surface area contributed by atoms with E-state index in [1.165, 1.54) is 21.3 Å². The Hall–Kier alpha value is -8.49. The standard InChI is InChI=1S/C66H90N6O15/c1-37(2)52(70-61(79)85-64(7,8)9)55(73)67-49(58(76)82-16)31-40-19-25-43(26-20-40)46-34-47(44-27-21-41(22-28-44)32-50(59(77)83-17)68-56(74)53(38(3)4)71-62(80)86-65(10,11)12)36-48(35-46)45-29-23-42(24-30-45)33-51(60(78)84-18)69-57(75)54(39(5)6)72-63(81)87-66(13,14)15/h19-30,34-39,49-54H,31-33H2,1-18H3,(H,67,73)(H,68,74)(H,69,75)(H,70,79)(H,71,80)(H,72,81)/t49-,50-,51-,52+,53+,54+/m0/s1. The smallest absolute Gasteiger partial charge is 0.408 e. The summed E-state index contributed by atoms with van der Waals surface area (Å²) >= 11 is 0. The van der Waals surface area contributed by atoms with Gasteiger partial charge in [0.25, 0.3) is 0 Å². The van der Waals surface area contributed by atoms with Gasteiger partial charge in [-0.3, -0.25) is 14.4 Å². The molecule has 87 heavy (non-hydrogen) atoms. The predicted octanol–water partition coefficient (Wildman–Crippen LogP) is 8.94. The normalized spacial score (nSPS) is 13.8. The highest BCUT2D eigenvalue weighted by atomic mass is 16.6. The van der Waals surface area contributed by atoms with Crippen LogP contribution in [0.5, 0.6) is 0 Å². The quantitative estimate of drug-likeness (QED) is 0.0282. The monoisotopic (exact) mass is 1210 g/mol. The first-order valence-corrected chi connectivity index (χ1v) is 29.1. The predicted molar refractivity (Wildman–Crippen MR) is 330 cm³/mol. The molecule has 4 rings (SSSR count). The van der Waals surface area contributed by atoms with Crippen LogP contribution in [0.2, 0.25) is 0 Å². The van der Waals surface area contributed by atoms with Gasteiger partial charge < -0.3 is 60.3 Å². The van der Waals surface area contributed by atoms with E-state index in [9.17, 15) is 43.2 Å². The number of carbonyl (C=O) groups excluding carboxylic acids is 9. The lowest BCUT2D eigenvalue weighted by atomic mass is 9.91. The van der Waals surface area contributed by atoms with Gasteiger partial charge in [-0.2, -0.15) is 0 Å². The molecule has 6 N–H and O–H groups in total. The van der Waals surface area contributed by atoms with Gasteiger partial charge in [-0.25, -0.2) is 28.8 Å². The van der Waals surface area contributed by atoms with Crippen LogP contribution in [0, 0.1) is 17.8 Å². The molecule has 21 heteroatoms. The van der Waals surface area contributed by atoms with E-state index < -0.39 is 107 Å². The van der Waals surface area contributed by atoms with Crippen LogP contribution in [0.25, 0.3) is 33.4 Å². The number of nitrogens with one attached hydrogen (secondary N) is 6. The van der Waals surface area contributed by atoms with Gasteiger partial charge in [-0.05, 0) is 148 Å². The van der Waals surface area contributed by atoms with Crippen molar-refractivity contribution in [3.05, 3.63) is 108 Å². The van der Waals surface area contributed by atoms with Crippen molar-refractivity contribution in [1.82, 2.24) is 31.9 Å². The van der Waals surface area contributed by atoms with Crippen molar-refractivity contribution < 1.29 is 71.6 Å². The molecule has 0 bridgehead atoms. The van der Waals surface area contributed by atoms with Gasteiger partial charge in [-0.1, -0.05) is 114 Å². The number of esters is 3. The van der Waals surface area contributed by atoms with E-state index in [1.54, 1.807) is 104 Å². The molecule has 21 nitrogen and oxygen atoms in total. The van der Waals surface area contributed by atoms with E-state index >= 15 is 0 Å². The Morgan fingerprint density at radius 1 is 0.333 bits per heavy atom. The zero-order chi connectivity index (χ0) is 65.3. The Bertz CT molecular complexity index is 2690. The Morgan fingerprint density at radius 2 is 0.540 bits per heavy atom. The molecule has 0 aromatic heterocycles. The summed E-state index contributed by atoms with van der Waals surface area (Å²) in [5, 5.41) is 16.1. The SMILES string of the molecule is COC(=O)[C@H](Cc1ccc(-c2cc(-c3ccc(C[C@H](NC(=O)[C@H](NC(=O)OC(C)(C)C)C(C)C)C(=O)OC)cc3)cc(-c3ccc(C[C@H](NC(=O)[C@H](NC(=O)OC(C)(C)C)C(C)C)C(=O)OC)cc3)c2)cc1)NC(=O)[C@H](NC(=O)OC(C)(C)C)C(C)C. The summed E-state index contributed by atoms with van der Waals surface area (Å²) in [6.45, 7) is 25.9.